The van der Waals surface area contributed by atoms with Gasteiger partial charge in [0.15, 0.2) is 0 Å². The van der Waals surface area contributed by atoms with E-state index in [4.69, 9.17) is 19.2 Å². The smallest absolute Gasteiger partial charge is 0.321 e. The average molecular weight is 550 g/mol. The van der Waals surface area contributed by atoms with E-state index in [-0.39, 0.29) is 6.03 Å². The topological polar surface area (TPSA) is 110 Å². The Balaban J connectivity index is 1.24. The monoisotopic (exact) mass is 549 g/mol. The Morgan fingerprint density at radius 1 is 1.00 bits per heavy atom. The summed E-state index contributed by atoms with van der Waals surface area (Å²) in [4.78, 5) is 31.0. The maximum absolute atomic E-state index is 13.0. The van der Waals surface area contributed by atoms with Gasteiger partial charge in [-0.1, -0.05) is 35.0 Å². The van der Waals surface area contributed by atoms with Crippen LogP contribution in [0.2, 0.25) is 0 Å². The third kappa shape index (κ3) is 5.81. The van der Waals surface area contributed by atoms with E-state index in [2.05, 4.69) is 51.5 Å². The molecule has 6 rings (SSSR count). The Hall–Kier alpha value is -4.99. The maximum Gasteiger partial charge on any atom is 0.321 e. The lowest BCUT2D eigenvalue weighted by molar-refractivity contribution is 0.208. The summed E-state index contributed by atoms with van der Waals surface area (Å²) in [5, 5.41) is 8.10. The molecule has 0 radical (unpaired) electrons. The number of piperazine rings is 1. The number of carbonyl (C=O) groups excluding carboxylic acids is 1. The first kappa shape index (κ1) is 26.2. The van der Waals surface area contributed by atoms with Crippen molar-refractivity contribution in [2.75, 3.05) is 43.0 Å². The van der Waals surface area contributed by atoms with Crippen LogP contribution in [0, 0.1) is 6.92 Å². The second-order valence-corrected chi connectivity index (χ2v) is 9.94. The first-order valence-electron chi connectivity index (χ1n) is 13.7. The largest absolute Gasteiger partial charge is 0.494 e. The average Bonchev–Trinajstić information content (AvgIpc) is 3.44. The van der Waals surface area contributed by atoms with E-state index >= 15 is 0 Å². The van der Waals surface area contributed by atoms with Gasteiger partial charge < -0.3 is 24.4 Å². The number of nitrogens with one attached hydrogen (secondary N) is 1. The Kier molecular flexibility index (Phi) is 7.44. The number of fused-ring (bicyclic) bond motifs is 1. The summed E-state index contributed by atoms with van der Waals surface area (Å²) in [6, 6.07) is 19.4. The van der Waals surface area contributed by atoms with Gasteiger partial charge in [0.2, 0.25) is 0 Å². The van der Waals surface area contributed by atoms with Gasteiger partial charge in [0.25, 0.3) is 5.71 Å². The molecule has 1 aliphatic rings. The van der Waals surface area contributed by atoms with Crippen molar-refractivity contribution in [3.8, 4) is 17.0 Å². The predicted molar refractivity (Wildman–Crippen MR) is 157 cm³/mol. The molecular formula is C31H31N7O3. The Labute approximate surface area is 238 Å². The minimum absolute atomic E-state index is 0.136. The Morgan fingerprint density at radius 2 is 1.78 bits per heavy atom. The summed E-state index contributed by atoms with van der Waals surface area (Å²) in [5.74, 6) is 2.18. The number of ether oxygens (including phenoxy) is 1. The van der Waals surface area contributed by atoms with Gasteiger partial charge >= 0.3 is 6.03 Å². The fourth-order valence-electron chi connectivity index (χ4n) is 4.90. The molecule has 10 nitrogen and oxygen atoms in total. The van der Waals surface area contributed by atoms with Crippen LogP contribution in [0.4, 0.5) is 16.3 Å². The van der Waals surface area contributed by atoms with Gasteiger partial charge in [-0.3, -0.25) is 4.98 Å². The van der Waals surface area contributed by atoms with E-state index < -0.39 is 0 Å². The molecule has 1 saturated heterocycles. The van der Waals surface area contributed by atoms with Gasteiger partial charge in [-0.25, -0.2) is 9.78 Å². The molecule has 1 aliphatic heterocycles. The number of aromatic nitrogens is 4. The summed E-state index contributed by atoms with van der Waals surface area (Å²) in [6.45, 7) is 6.88. The highest BCUT2D eigenvalue weighted by molar-refractivity contribution is 5.98. The quantitative estimate of drug-likeness (QED) is 0.290. The summed E-state index contributed by atoms with van der Waals surface area (Å²) < 4.78 is 11.2. The lowest BCUT2D eigenvalue weighted by Gasteiger charge is -2.35. The molecule has 0 atom stereocenters. The third-order valence-electron chi connectivity index (χ3n) is 7.06. The SMILES string of the molecule is CCOc1ccc(NC(=O)N2CCN(c3nc(Cc4ccc(C)cc4)nc4onc(-c5cccnc5)c34)CC2)cc1. The number of hydrogen-bond donors (Lipinski definition) is 1. The van der Waals surface area contributed by atoms with Crippen molar-refractivity contribution in [3.63, 3.8) is 0 Å². The van der Waals surface area contributed by atoms with Crippen LogP contribution >= 0.6 is 0 Å². The number of anilines is 2. The van der Waals surface area contributed by atoms with Crippen LogP contribution in [-0.4, -0.2) is 63.8 Å². The number of rotatable bonds is 7. The van der Waals surface area contributed by atoms with Crippen LogP contribution in [0.1, 0.15) is 23.9 Å². The van der Waals surface area contributed by atoms with Gasteiger partial charge in [0.1, 0.15) is 28.5 Å². The fourth-order valence-corrected chi connectivity index (χ4v) is 4.90. The van der Waals surface area contributed by atoms with Crippen LogP contribution in [0.3, 0.4) is 0 Å². The molecule has 0 unspecified atom stereocenters. The molecule has 4 heterocycles. The van der Waals surface area contributed by atoms with E-state index in [0.29, 0.717) is 56.4 Å². The highest BCUT2D eigenvalue weighted by atomic mass is 16.5. The van der Waals surface area contributed by atoms with Crippen molar-refractivity contribution < 1.29 is 14.1 Å². The predicted octanol–water partition coefficient (Wildman–Crippen LogP) is 5.33. The number of nitrogens with zero attached hydrogens (tertiary/aromatic N) is 6. The number of hydrogen-bond acceptors (Lipinski definition) is 8. The Bertz CT molecular complexity index is 1630. The first-order valence-corrected chi connectivity index (χ1v) is 13.7. The number of carbonyl (C=O) groups is 1. The lowest BCUT2D eigenvalue weighted by atomic mass is 10.1. The van der Waals surface area contributed by atoms with Gasteiger partial charge in [0, 0.05) is 56.2 Å². The van der Waals surface area contributed by atoms with Gasteiger partial charge in [-0.15, -0.1) is 0 Å². The first-order chi connectivity index (χ1) is 20.1. The molecular weight excluding hydrogens is 518 g/mol. The molecule has 1 N–H and O–H groups in total. The zero-order valence-electron chi connectivity index (χ0n) is 23.1. The number of amides is 2. The molecule has 0 bridgehead atoms. The maximum atomic E-state index is 13.0. The number of urea groups is 1. The standard InChI is InChI=1S/C31H31N7O3/c1-3-40-25-12-10-24(11-13-25)33-31(39)38-17-15-37(16-18-38)29-27-28(23-5-4-14-32-20-23)36-41-30(27)35-26(34-29)19-22-8-6-21(2)7-9-22/h4-14,20H,3,15-19H2,1-2H3,(H,33,39). The molecule has 1 fully saturated rings. The minimum atomic E-state index is -0.136. The van der Waals surface area contributed by atoms with Gasteiger partial charge in [0.05, 0.1) is 6.61 Å². The summed E-state index contributed by atoms with van der Waals surface area (Å²) in [5.41, 5.74) is 4.96. The van der Waals surface area contributed by atoms with E-state index in [1.165, 1.54) is 5.56 Å². The highest BCUT2D eigenvalue weighted by Gasteiger charge is 2.27. The van der Waals surface area contributed by atoms with Crippen molar-refractivity contribution in [2.24, 2.45) is 0 Å². The molecule has 0 spiro atoms. The van der Waals surface area contributed by atoms with E-state index in [9.17, 15) is 4.79 Å². The normalized spacial score (nSPS) is 13.4. The van der Waals surface area contributed by atoms with Crippen molar-refractivity contribution in [2.45, 2.75) is 20.3 Å². The van der Waals surface area contributed by atoms with E-state index in [0.717, 1.165) is 33.8 Å². The number of pyridine rings is 1. The highest BCUT2D eigenvalue weighted by Crippen LogP contribution is 2.34. The number of aryl methyl sites for hydroxylation is 1. The van der Waals surface area contributed by atoms with E-state index in [1.807, 2.05) is 48.2 Å². The van der Waals surface area contributed by atoms with Crippen LogP contribution in [0.15, 0.2) is 77.6 Å². The van der Waals surface area contributed by atoms with Crippen LogP contribution in [-0.2, 0) is 6.42 Å². The third-order valence-corrected chi connectivity index (χ3v) is 7.06. The molecule has 0 saturated carbocycles. The molecule has 5 aromatic rings. The second kappa shape index (κ2) is 11.6. The lowest BCUT2D eigenvalue weighted by Crippen LogP contribution is -2.50. The Morgan fingerprint density at radius 3 is 2.49 bits per heavy atom. The summed E-state index contributed by atoms with van der Waals surface area (Å²) in [6.07, 6.45) is 4.04. The second-order valence-electron chi connectivity index (χ2n) is 9.94. The molecule has 0 aliphatic carbocycles. The van der Waals surface area contributed by atoms with Crippen LogP contribution < -0.4 is 15.0 Å². The molecule has 208 valence electrons. The van der Waals surface area contributed by atoms with Gasteiger partial charge in [-0.2, -0.15) is 4.98 Å². The van der Waals surface area contributed by atoms with Crippen molar-refractivity contribution in [1.29, 1.82) is 0 Å². The van der Waals surface area contributed by atoms with E-state index in [1.54, 1.807) is 12.4 Å². The molecule has 3 aromatic heterocycles. The summed E-state index contributed by atoms with van der Waals surface area (Å²) >= 11 is 0. The van der Waals surface area contributed by atoms with Crippen molar-refractivity contribution in [3.05, 3.63) is 90.0 Å². The zero-order valence-corrected chi connectivity index (χ0v) is 23.1. The van der Waals surface area contributed by atoms with Crippen LogP contribution in [0.5, 0.6) is 5.75 Å². The molecule has 2 amide bonds. The van der Waals surface area contributed by atoms with Crippen LogP contribution in [0.25, 0.3) is 22.4 Å². The molecule has 41 heavy (non-hydrogen) atoms. The minimum Gasteiger partial charge on any atom is -0.494 e. The van der Waals surface area contributed by atoms with Crippen molar-refractivity contribution in [1.82, 2.24) is 25.0 Å². The van der Waals surface area contributed by atoms with Gasteiger partial charge in [-0.05, 0) is 55.8 Å². The fraction of sp³-hybridized carbons (Fsp3) is 0.258. The molecule has 2 aromatic carbocycles. The zero-order chi connectivity index (χ0) is 28.2. The number of benzene rings is 2. The molecule has 10 heteroatoms. The van der Waals surface area contributed by atoms with Crippen molar-refractivity contribution >= 4 is 28.6 Å². The summed E-state index contributed by atoms with van der Waals surface area (Å²) in [7, 11) is 0.